The summed E-state index contributed by atoms with van der Waals surface area (Å²) in [6, 6.07) is 9.52. The molecule has 0 atom stereocenters. The minimum absolute atomic E-state index is 0.218. The number of halogens is 1. The number of thiophene rings is 1. The van der Waals surface area contributed by atoms with Crippen molar-refractivity contribution in [3.05, 3.63) is 72.0 Å². The lowest BCUT2D eigenvalue weighted by atomic mass is 10.1. The fraction of sp³-hybridized carbons (Fsp3) is 0.120. The van der Waals surface area contributed by atoms with Gasteiger partial charge in [-0.05, 0) is 50.0 Å². The number of rotatable bonds is 5. The van der Waals surface area contributed by atoms with Gasteiger partial charge < -0.3 is 9.88 Å². The summed E-state index contributed by atoms with van der Waals surface area (Å²) >= 11 is 1.11. The number of hydrogen-bond acceptors (Lipinski definition) is 6. The van der Waals surface area contributed by atoms with Crippen molar-refractivity contribution >= 4 is 33.3 Å². The van der Waals surface area contributed by atoms with Crippen molar-refractivity contribution < 1.29 is 4.39 Å². The number of aromatic amines is 2. The molecule has 0 aliphatic rings. The summed E-state index contributed by atoms with van der Waals surface area (Å²) in [4.78, 5) is 19.7. The Morgan fingerprint density at radius 1 is 0.941 bits per heavy atom. The van der Waals surface area contributed by atoms with Gasteiger partial charge in [0.25, 0.3) is 0 Å². The molecule has 0 aliphatic carbocycles. The number of nitrogens with one attached hydrogen (secondary N) is 2. The zero-order chi connectivity index (χ0) is 23.2. The van der Waals surface area contributed by atoms with Crippen molar-refractivity contribution in [3.8, 4) is 33.0 Å². The molecule has 0 unspecified atom stereocenters. The van der Waals surface area contributed by atoms with Crippen LogP contribution in [-0.2, 0) is 6.54 Å². The highest BCUT2D eigenvalue weighted by atomic mass is 32.1. The third-order valence-electron chi connectivity index (χ3n) is 5.69. The first kappa shape index (κ1) is 20.6. The van der Waals surface area contributed by atoms with Crippen molar-refractivity contribution in [2.24, 2.45) is 0 Å². The second-order valence-corrected chi connectivity index (χ2v) is 9.48. The van der Waals surface area contributed by atoms with E-state index in [4.69, 9.17) is 0 Å². The molecule has 6 aromatic rings. The quantitative estimate of drug-likeness (QED) is 0.349. The first-order chi connectivity index (χ1) is 16.5. The summed E-state index contributed by atoms with van der Waals surface area (Å²) in [6.07, 6.45) is 9.10. The van der Waals surface area contributed by atoms with Crippen molar-refractivity contribution in [2.75, 3.05) is 14.1 Å². The predicted molar refractivity (Wildman–Crippen MR) is 133 cm³/mol. The fourth-order valence-electron chi connectivity index (χ4n) is 4.20. The smallest absolute Gasteiger partial charge is 0.181 e. The average molecular weight is 470 g/mol. The molecule has 0 saturated heterocycles. The third kappa shape index (κ3) is 3.64. The molecule has 6 rings (SSSR count). The van der Waals surface area contributed by atoms with E-state index in [1.165, 1.54) is 6.07 Å². The first-order valence-corrected chi connectivity index (χ1v) is 11.5. The third-order valence-corrected chi connectivity index (χ3v) is 6.60. The topological polar surface area (TPSA) is 86.4 Å². The lowest BCUT2D eigenvalue weighted by Gasteiger charge is -2.10. The number of hydrogen-bond donors (Lipinski definition) is 2. The monoisotopic (exact) mass is 469 g/mol. The normalized spacial score (nSPS) is 11.8. The van der Waals surface area contributed by atoms with Gasteiger partial charge in [0.2, 0.25) is 0 Å². The van der Waals surface area contributed by atoms with Crippen LogP contribution in [0.5, 0.6) is 0 Å². The van der Waals surface area contributed by atoms with Crippen LogP contribution in [0.3, 0.4) is 0 Å². The highest BCUT2D eigenvalue weighted by Crippen LogP contribution is 2.36. The highest BCUT2D eigenvalue weighted by Gasteiger charge is 2.16. The number of H-pyrrole nitrogens is 2. The van der Waals surface area contributed by atoms with Crippen molar-refractivity contribution in [2.45, 2.75) is 6.54 Å². The zero-order valence-electron chi connectivity index (χ0n) is 18.5. The summed E-state index contributed by atoms with van der Waals surface area (Å²) in [7, 11) is 4.07. The van der Waals surface area contributed by atoms with E-state index < -0.39 is 0 Å². The molecule has 7 nitrogen and oxygen atoms in total. The van der Waals surface area contributed by atoms with Crippen LogP contribution >= 0.6 is 11.3 Å². The van der Waals surface area contributed by atoms with E-state index in [-0.39, 0.29) is 5.13 Å². The highest BCUT2D eigenvalue weighted by molar-refractivity contribution is 7.14. The van der Waals surface area contributed by atoms with Crippen molar-refractivity contribution in [3.63, 3.8) is 0 Å². The molecule has 0 amide bonds. The second-order valence-electron chi connectivity index (χ2n) is 8.45. The lowest BCUT2D eigenvalue weighted by Crippen LogP contribution is -2.10. The van der Waals surface area contributed by atoms with Gasteiger partial charge in [-0.15, -0.1) is 11.3 Å². The van der Waals surface area contributed by atoms with Crippen LogP contribution in [0, 0.1) is 5.13 Å². The minimum Gasteiger partial charge on any atom is -0.352 e. The molecule has 0 bridgehead atoms. The average Bonchev–Trinajstić information content (AvgIpc) is 3.55. The Balaban J connectivity index is 1.45. The maximum absolute atomic E-state index is 13.6. The van der Waals surface area contributed by atoms with Gasteiger partial charge in [-0.1, -0.05) is 0 Å². The lowest BCUT2D eigenvalue weighted by molar-refractivity contribution is 0.402. The summed E-state index contributed by atoms with van der Waals surface area (Å²) in [6.45, 7) is 0.813. The Kier molecular flexibility index (Phi) is 4.93. The Bertz CT molecular complexity index is 1650. The van der Waals surface area contributed by atoms with E-state index in [9.17, 15) is 4.39 Å². The maximum atomic E-state index is 13.6. The Hall–Kier alpha value is -3.95. The van der Waals surface area contributed by atoms with E-state index in [1.54, 1.807) is 18.5 Å². The Labute approximate surface area is 198 Å². The zero-order valence-corrected chi connectivity index (χ0v) is 19.3. The molecular weight excluding hydrogens is 449 g/mol. The van der Waals surface area contributed by atoms with Gasteiger partial charge in [0, 0.05) is 63.7 Å². The van der Waals surface area contributed by atoms with Gasteiger partial charge in [-0.3, -0.25) is 15.1 Å². The molecule has 0 saturated carbocycles. The first-order valence-electron chi connectivity index (χ1n) is 10.7. The van der Waals surface area contributed by atoms with Crippen LogP contribution in [-0.4, -0.2) is 49.1 Å². The van der Waals surface area contributed by atoms with Crippen molar-refractivity contribution in [1.82, 2.24) is 35.0 Å². The Morgan fingerprint density at radius 3 is 2.62 bits per heavy atom. The number of aromatic nitrogens is 6. The van der Waals surface area contributed by atoms with Gasteiger partial charge in [0.05, 0.1) is 23.1 Å². The van der Waals surface area contributed by atoms with Crippen LogP contribution < -0.4 is 0 Å². The number of nitrogens with zero attached hydrogens (tertiary/aromatic N) is 5. The molecule has 168 valence electrons. The van der Waals surface area contributed by atoms with Crippen LogP contribution in [0.4, 0.5) is 4.39 Å². The van der Waals surface area contributed by atoms with Gasteiger partial charge in [-0.25, -0.2) is 4.98 Å². The van der Waals surface area contributed by atoms with Crippen LogP contribution in [0.1, 0.15) is 5.56 Å². The fourth-order valence-corrected chi connectivity index (χ4v) is 4.96. The maximum Gasteiger partial charge on any atom is 0.181 e. The summed E-state index contributed by atoms with van der Waals surface area (Å²) < 4.78 is 13.6. The molecule has 34 heavy (non-hydrogen) atoms. The van der Waals surface area contributed by atoms with E-state index in [0.717, 1.165) is 72.7 Å². The van der Waals surface area contributed by atoms with Crippen LogP contribution in [0.25, 0.3) is 54.9 Å². The minimum atomic E-state index is -0.218. The molecule has 9 heteroatoms. The summed E-state index contributed by atoms with van der Waals surface area (Å²) in [5.41, 5.74) is 7.20. The molecule has 2 N–H and O–H groups in total. The molecule has 0 fully saturated rings. The van der Waals surface area contributed by atoms with Gasteiger partial charge in [0.15, 0.2) is 10.8 Å². The van der Waals surface area contributed by atoms with E-state index in [1.807, 2.05) is 38.8 Å². The predicted octanol–water partition coefficient (Wildman–Crippen LogP) is 5.49. The molecule has 0 aromatic carbocycles. The summed E-state index contributed by atoms with van der Waals surface area (Å²) in [5, 5.41) is 9.18. The molecular formula is C25H20FN7S. The molecule has 0 radical (unpaired) electrons. The molecule has 6 heterocycles. The largest absolute Gasteiger partial charge is 0.352 e. The van der Waals surface area contributed by atoms with E-state index in [0.29, 0.717) is 5.65 Å². The molecule has 6 aromatic heterocycles. The van der Waals surface area contributed by atoms with E-state index >= 15 is 0 Å². The summed E-state index contributed by atoms with van der Waals surface area (Å²) in [5.74, 6) is 0. The second kappa shape index (κ2) is 8.12. The standard InChI is InChI=1S/C25H20FN7S/c1-33(2)13-14-5-15(9-27-8-14)16-6-18-24(31-32-25(18)29-10-16)20-7-17-19(11-28-12-21(17)30-20)22-3-4-23(26)34-22/h3-12,30H,13H2,1-2H3,(H,29,31,32). The van der Waals surface area contributed by atoms with Crippen LogP contribution in [0.15, 0.2) is 61.3 Å². The van der Waals surface area contributed by atoms with Gasteiger partial charge in [-0.2, -0.15) is 9.49 Å². The van der Waals surface area contributed by atoms with Gasteiger partial charge in [0.1, 0.15) is 0 Å². The molecule has 0 aliphatic heterocycles. The van der Waals surface area contributed by atoms with Gasteiger partial charge >= 0.3 is 0 Å². The number of pyridine rings is 3. The molecule has 0 spiro atoms. The Morgan fingerprint density at radius 2 is 1.79 bits per heavy atom. The van der Waals surface area contributed by atoms with Crippen LogP contribution in [0.2, 0.25) is 0 Å². The SMILES string of the molecule is CN(C)Cc1cncc(-c2cnc3n[nH]c(-c4cc5c(-c6ccc(F)s6)cncc5[nH]4)c3c2)c1. The van der Waals surface area contributed by atoms with E-state index in [2.05, 4.69) is 47.2 Å². The number of fused-ring (bicyclic) bond motifs is 2. The van der Waals surface area contributed by atoms with Crippen molar-refractivity contribution in [1.29, 1.82) is 0 Å².